The van der Waals surface area contributed by atoms with Crippen molar-refractivity contribution in [1.82, 2.24) is 5.32 Å². The Balaban J connectivity index is 3.50. The SMILES string of the molecule is CCCCCCCCCCCCCC/C=C\CCCCCCCCCCCCC(O)C(=O)NC(CO)C(O)CCCCCCCCCCCCCCCCCCCCCCCCCCC. The van der Waals surface area contributed by atoms with Crippen LogP contribution in [0.2, 0.25) is 0 Å². The summed E-state index contributed by atoms with van der Waals surface area (Å²) in [5.74, 6) is -0.465. The normalized spacial score (nSPS) is 13.2. The fourth-order valence-electron chi connectivity index (χ4n) is 9.72. The highest BCUT2D eigenvalue weighted by Crippen LogP contribution is 2.18. The Labute approximate surface area is 408 Å². The topological polar surface area (TPSA) is 89.8 Å². The number of hydrogen-bond acceptors (Lipinski definition) is 4. The van der Waals surface area contributed by atoms with E-state index in [1.807, 2.05) is 0 Å². The third-order valence-electron chi connectivity index (χ3n) is 14.4. The molecule has 65 heavy (non-hydrogen) atoms. The second-order valence-corrected chi connectivity index (χ2v) is 20.9. The van der Waals surface area contributed by atoms with Gasteiger partial charge in [-0.05, 0) is 38.5 Å². The number of allylic oxidation sites excluding steroid dienone is 2. The van der Waals surface area contributed by atoms with Gasteiger partial charge in [0.15, 0.2) is 0 Å². The predicted octanol–water partition coefficient (Wildman–Crippen LogP) is 18.7. The Morgan fingerprint density at radius 2 is 0.585 bits per heavy atom. The van der Waals surface area contributed by atoms with Gasteiger partial charge in [0, 0.05) is 0 Å². The van der Waals surface area contributed by atoms with E-state index in [4.69, 9.17) is 0 Å². The molecular weight excluding hydrogens is 799 g/mol. The van der Waals surface area contributed by atoms with Gasteiger partial charge in [-0.15, -0.1) is 0 Å². The van der Waals surface area contributed by atoms with E-state index in [-0.39, 0.29) is 6.61 Å². The lowest BCUT2D eigenvalue weighted by Crippen LogP contribution is -2.49. The van der Waals surface area contributed by atoms with Crippen molar-refractivity contribution in [2.24, 2.45) is 0 Å². The summed E-state index contributed by atoms with van der Waals surface area (Å²) in [7, 11) is 0. The summed E-state index contributed by atoms with van der Waals surface area (Å²) in [4.78, 5) is 12.6. The molecule has 1 amide bonds. The van der Waals surface area contributed by atoms with Crippen LogP contribution in [0, 0.1) is 0 Å². The zero-order chi connectivity index (χ0) is 47.2. The van der Waals surface area contributed by atoms with Crippen LogP contribution in [0.5, 0.6) is 0 Å². The first-order chi connectivity index (χ1) is 32.1. The number of unbranched alkanes of at least 4 members (excludes halogenated alkanes) is 46. The van der Waals surface area contributed by atoms with E-state index >= 15 is 0 Å². The molecule has 0 rings (SSSR count). The van der Waals surface area contributed by atoms with Crippen molar-refractivity contribution in [1.29, 1.82) is 0 Å². The smallest absolute Gasteiger partial charge is 0.249 e. The van der Waals surface area contributed by atoms with Crippen LogP contribution in [-0.2, 0) is 4.79 Å². The molecule has 0 aliphatic carbocycles. The number of hydrogen-bond donors (Lipinski definition) is 4. The highest BCUT2D eigenvalue weighted by molar-refractivity contribution is 5.80. The van der Waals surface area contributed by atoms with Crippen LogP contribution in [-0.4, -0.2) is 46.1 Å². The van der Waals surface area contributed by atoms with E-state index in [9.17, 15) is 20.1 Å². The van der Waals surface area contributed by atoms with Crippen LogP contribution in [0.3, 0.4) is 0 Å². The minimum atomic E-state index is -1.07. The quantitative estimate of drug-likeness (QED) is 0.0361. The zero-order valence-electron chi connectivity index (χ0n) is 44.4. The summed E-state index contributed by atoms with van der Waals surface area (Å²) in [6, 6.07) is -0.711. The van der Waals surface area contributed by atoms with E-state index in [0.717, 1.165) is 32.1 Å². The van der Waals surface area contributed by atoms with Crippen LogP contribution >= 0.6 is 0 Å². The summed E-state index contributed by atoms with van der Waals surface area (Å²) in [5, 5.41) is 33.6. The molecule has 0 saturated heterocycles. The standard InChI is InChI=1S/C60H119NO4/c1-3-5-7-9-11-13-15-17-19-21-23-25-27-29-31-33-35-37-39-41-43-45-47-49-51-53-55-59(64)60(65)61-57(56-62)58(63)54-52-50-48-46-44-42-40-38-36-34-32-30-28-26-24-22-20-18-16-14-12-10-8-6-4-2/h29,31,57-59,62-64H,3-28,30,32-56H2,1-2H3,(H,61,65)/b31-29-. The molecule has 0 fully saturated rings. The number of aliphatic hydroxyl groups excluding tert-OH is 3. The Kier molecular flexibility index (Phi) is 54.9. The van der Waals surface area contributed by atoms with Crippen molar-refractivity contribution in [3.05, 3.63) is 12.2 Å². The third-order valence-corrected chi connectivity index (χ3v) is 14.4. The van der Waals surface area contributed by atoms with Crippen molar-refractivity contribution < 1.29 is 20.1 Å². The average molecular weight is 919 g/mol. The van der Waals surface area contributed by atoms with Crippen molar-refractivity contribution in [2.75, 3.05) is 6.61 Å². The Bertz CT molecular complexity index is 925. The maximum Gasteiger partial charge on any atom is 0.249 e. The summed E-state index contributed by atoms with van der Waals surface area (Å²) >= 11 is 0. The first-order valence-corrected chi connectivity index (χ1v) is 30.0. The first-order valence-electron chi connectivity index (χ1n) is 30.0. The second kappa shape index (κ2) is 55.7. The molecular formula is C60H119NO4. The lowest BCUT2D eigenvalue weighted by atomic mass is 10.0. The lowest BCUT2D eigenvalue weighted by Gasteiger charge is -2.23. The molecule has 4 N–H and O–H groups in total. The molecule has 5 nitrogen and oxygen atoms in total. The van der Waals surface area contributed by atoms with Crippen LogP contribution in [0.4, 0.5) is 0 Å². The molecule has 388 valence electrons. The van der Waals surface area contributed by atoms with Gasteiger partial charge in [-0.1, -0.05) is 315 Å². The summed E-state index contributed by atoms with van der Waals surface area (Å²) < 4.78 is 0. The Morgan fingerprint density at radius 1 is 0.354 bits per heavy atom. The Morgan fingerprint density at radius 3 is 0.846 bits per heavy atom. The first kappa shape index (κ1) is 64.1. The minimum Gasteiger partial charge on any atom is -0.394 e. The fraction of sp³-hybridized carbons (Fsp3) is 0.950. The number of carbonyl (C=O) groups excluding carboxylic acids is 1. The van der Waals surface area contributed by atoms with Gasteiger partial charge in [-0.25, -0.2) is 0 Å². The molecule has 0 aromatic heterocycles. The van der Waals surface area contributed by atoms with Gasteiger partial charge < -0.3 is 20.6 Å². The van der Waals surface area contributed by atoms with Gasteiger partial charge in [-0.2, -0.15) is 0 Å². The zero-order valence-corrected chi connectivity index (χ0v) is 44.4. The number of aliphatic hydroxyl groups is 3. The molecule has 0 heterocycles. The van der Waals surface area contributed by atoms with Crippen LogP contribution in [0.1, 0.15) is 341 Å². The molecule has 3 atom stereocenters. The van der Waals surface area contributed by atoms with E-state index in [1.54, 1.807) is 0 Å². The molecule has 0 aromatic rings. The monoisotopic (exact) mass is 918 g/mol. The maximum absolute atomic E-state index is 12.6. The molecule has 0 aromatic carbocycles. The van der Waals surface area contributed by atoms with E-state index in [0.29, 0.717) is 12.8 Å². The van der Waals surface area contributed by atoms with Crippen molar-refractivity contribution in [3.63, 3.8) is 0 Å². The van der Waals surface area contributed by atoms with Crippen molar-refractivity contribution >= 4 is 5.91 Å². The van der Waals surface area contributed by atoms with Gasteiger partial charge in [0.05, 0.1) is 18.8 Å². The van der Waals surface area contributed by atoms with E-state index < -0.39 is 24.2 Å². The molecule has 0 radical (unpaired) electrons. The average Bonchev–Trinajstić information content (AvgIpc) is 3.31. The number of nitrogens with one attached hydrogen (secondary N) is 1. The summed E-state index contributed by atoms with van der Waals surface area (Å²) in [6.45, 7) is 4.28. The Hall–Kier alpha value is -0.910. The molecule has 3 unspecified atom stereocenters. The van der Waals surface area contributed by atoms with Crippen LogP contribution in [0.25, 0.3) is 0 Å². The van der Waals surface area contributed by atoms with Crippen LogP contribution < -0.4 is 5.32 Å². The molecule has 0 aliphatic rings. The molecule has 0 aliphatic heterocycles. The third kappa shape index (κ3) is 50.8. The molecule has 5 heteroatoms. The summed E-state index contributed by atoms with van der Waals surface area (Å²) in [6.07, 6.45) is 69.9. The lowest BCUT2D eigenvalue weighted by molar-refractivity contribution is -0.131. The molecule has 0 saturated carbocycles. The fourth-order valence-corrected chi connectivity index (χ4v) is 9.72. The number of amides is 1. The van der Waals surface area contributed by atoms with Gasteiger partial charge >= 0.3 is 0 Å². The predicted molar refractivity (Wildman–Crippen MR) is 287 cm³/mol. The van der Waals surface area contributed by atoms with Crippen molar-refractivity contribution in [3.8, 4) is 0 Å². The largest absolute Gasteiger partial charge is 0.394 e. The maximum atomic E-state index is 12.6. The van der Waals surface area contributed by atoms with Gasteiger partial charge in [0.1, 0.15) is 6.10 Å². The highest BCUT2D eigenvalue weighted by atomic mass is 16.3. The van der Waals surface area contributed by atoms with Gasteiger partial charge in [-0.3, -0.25) is 4.79 Å². The molecule has 0 spiro atoms. The van der Waals surface area contributed by atoms with Crippen LogP contribution in [0.15, 0.2) is 12.2 Å². The van der Waals surface area contributed by atoms with Gasteiger partial charge in [0.25, 0.3) is 0 Å². The van der Waals surface area contributed by atoms with Gasteiger partial charge in [0.2, 0.25) is 5.91 Å². The second-order valence-electron chi connectivity index (χ2n) is 20.9. The number of rotatable bonds is 56. The summed E-state index contributed by atoms with van der Waals surface area (Å²) in [5.41, 5.74) is 0. The molecule has 0 bridgehead atoms. The highest BCUT2D eigenvalue weighted by Gasteiger charge is 2.23. The van der Waals surface area contributed by atoms with E-state index in [1.165, 1.54) is 283 Å². The van der Waals surface area contributed by atoms with E-state index in [2.05, 4.69) is 31.3 Å². The number of carbonyl (C=O) groups is 1. The minimum absolute atomic E-state index is 0.310. The van der Waals surface area contributed by atoms with Crippen molar-refractivity contribution in [2.45, 2.75) is 360 Å².